The number of piperidine rings is 1. The lowest BCUT2D eigenvalue weighted by molar-refractivity contribution is 0.0543. The van der Waals surface area contributed by atoms with Crippen molar-refractivity contribution in [1.29, 1.82) is 0 Å². The van der Waals surface area contributed by atoms with Gasteiger partial charge in [0.1, 0.15) is 11.7 Å². The van der Waals surface area contributed by atoms with Gasteiger partial charge < -0.3 is 25.8 Å². The maximum absolute atomic E-state index is 13.4. The first-order valence-electron chi connectivity index (χ1n) is 14.2. The first-order chi connectivity index (χ1) is 20.6. The molecule has 3 heterocycles. The molecule has 1 unspecified atom stereocenters. The van der Waals surface area contributed by atoms with Crippen molar-refractivity contribution >= 4 is 46.1 Å². The third kappa shape index (κ3) is 7.31. The minimum absolute atomic E-state index is 0.132. The van der Waals surface area contributed by atoms with Crippen molar-refractivity contribution in [3.63, 3.8) is 0 Å². The molecule has 1 atom stereocenters. The van der Waals surface area contributed by atoms with E-state index >= 15 is 0 Å². The van der Waals surface area contributed by atoms with Crippen LogP contribution < -0.4 is 21.7 Å². The number of fused-ring (bicyclic) bond motifs is 1. The number of nitrogens with zero attached hydrogens (tertiary/aromatic N) is 2. The lowest BCUT2D eigenvalue weighted by Gasteiger charge is -2.30. The maximum Gasteiger partial charge on any atom is 0.418 e. The van der Waals surface area contributed by atoms with E-state index in [1.807, 2.05) is 12.1 Å². The lowest BCUT2D eigenvalue weighted by Crippen LogP contribution is -2.33. The standard InChI is InChI=1S/C32H36N6O5/c1-32(2,3)43-31(41)38-17-12-20-4-6-24(19-27(20)38)36-29(39)25-7-5-23(33)18-26(25)37-30(40)42-28(21-8-13-34-14-9-21)22-10-15-35-16-11-22/h4-9,12-14,17-19,22,28,35H,10-11,15-16,33H2,1-3H3,(H,36,39)(H,37,40). The predicted octanol–water partition coefficient (Wildman–Crippen LogP) is 5.94. The van der Waals surface area contributed by atoms with E-state index in [9.17, 15) is 14.4 Å². The van der Waals surface area contributed by atoms with Crippen molar-refractivity contribution in [3.05, 3.63) is 84.3 Å². The van der Waals surface area contributed by atoms with Gasteiger partial charge in [0, 0.05) is 41.3 Å². The molecule has 2 amide bonds. The second-order valence-corrected chi connectivity index (χ2v) is 11.5. The molecule has 11 heteroatoms. The van der Waals surface area contributed by atoms with Crippen molar-refractivity contribution in [2.24, 2.45) is 5.92 Å². The number of nitrogen functional groups attached to an aromatic ring is 1. The topological polar surface area (TPSA) is 150 Å². The Kier molecular flexibility index (Phi) is 8.63. The number of aromatic nitrogens is 2. The molecule has 1 aliphatic heterocycles. The van der Waals surface area contributed by atoms with Crippen molar-refractivity contribution in [3.8, 4) is 0 Å². The zero-order chi connectivity index (χ0) is 30.6. The van der Waals surface area contributed by atoms with E-state index in [2.05, 4.69) is 20.9 Å². The number of anilines is 3. The molecule has 43 heavy (non-hydrogen) atoms. The number of carbonyl (C=O) groups excluding carboxylic acids is 3. The number of benzene rings is 2. The van der Waals surface area contributed by atoms with Crippen molar-refractivity contribution in [1.82, 2.24) is 14.9 Å². The summed E-state index contributed by atoms with van der Waals surface area (Å²) in [4.78, 5) is 43.5. The summed E-state index contributed by atoms with van der Waals surface area (Å²) in [6, 6.07) is 15.3. The van der Waals surface area contributed by atoms with Crippen LogP contribution >= 0.6 is 0 Å². The average Bonchev–Trinajstić information content (AvgIpc) is 3.39. The largest absolute Gasteiger partial charge is 0.443 e. The van der Waals surface area contributed by atoms with Crippen LogP contribution in [0.4, 0.5) is 26.7 Å². The Labute approximate surface area is 249 Å². The number of carbonyl (C=O) groups is 3. The lowest BCUT2D eigenvalue weighted by atomic mass is 9.88. The van der Waals surface area contributed by atoms with Gasteiger partial charge in [-0.25, -0.2) is 9.59 Å². The number of rotatable bonds is 6. The normalized spacial score (nSPS) is 14.6. The molecule has 1 fully saturated rings. The van der Waals surface area contributed by atoms with Crippen LogP contribution in [0.2, 0.25) is 0 Å². The van der Waals surface area contributed by atoms with E-state index in [-0.39, 0.29) is 17.2 Å². The zero-order valence-electron chi connectivity index (χ0n) is 24.4. The van der Waals surface area contributed by atoms with Gasteiger partial charge in [0.2, 0.25) is 0 Å². The predicted molar refractivity (Wildman–Crippen MR) is 165 cm³/mol. The molecule has 0 radical (unpaired) electrons. The highest BCUT2D eigenvalue weighted by Crippen LogP contribution is 2.33. The van der Waals surface area contributed by atoms with E-state index in [0.717, 1.165) is 36.9 Å². The van der Waals surface area contributed by atoms with Crippen LogP contribution in [0.5, 0.6) is 0 Å². The molecule has 2 aromatic carbocycles. The Morgan fingerprint density at radius 1 is 1.00 bits per heavy atom. The highest BCUT2D eigenvalue weighted by molar-refractivity contribution is 6.10. The van der Waals surface area contributed by atoms with E-state index in [1.54, 1.807) is 69.7 Å². The van der Waals surface area contributed by atoms with Crippen molar-refractivity contribution < 1.29 is 23.9 Å². The number of nitrogens with two attached hydrogens (primary N) is 1. The Morgan fingerprint density at radius 2 is 1.74 bits per heavy atom. The number of pyridine rings is 1. The second kappa shape index (κ2) is 12.5. The molecule has 1 aliphatic rings. The Bertz CT molecular complexity index is 1620. The Hall–Kier alpha value is -4.90. The summed E-state index contributed by atoms with van der Waals surface area (Å²) >= 11 is 0. The molecule has 1 saturated heterocycles. The quantitative estimate of drug-likeness (QED) is 0.203. The number of hydrogen-bond donors (Lipinski definition) is 4. The summed E-state index contributed by atoms with van der Waals surface area (Å²) in [7, 11) is 0. The Balaban J connectivity index is 1.34. The molecule has 5 N–H and O–H groups in total. The van der Waals surface area contributed by atoms with Gasteiger partial charge in [-0.3, -0.25) is 19.7 Å². The van der Waals surface area contributed by atoms with E-state index < -0.39 is 29.8 Å². The van der Waals surface area contributed by atoms with Gasteiger partial charge in [-0.15, -0.1) is 0 Å². The fourth-order valence-electron chi connectivity index (χ4n) is 5.13. The number of amides is 2. The van der Waals surface area contributed by atoms with Gasteiger partial charge in [-0.05, 0) is 101 Å². The van der Waals surface area contributed by atoms with E-state index in [1.165, 1.54) is 16.7 Å². The van der Waals surface area contributed by atoms with Crippen molar-refractivity contribution in [2.75, 3.05) is 29.5 Å². The number of nitrogens with one attached hydrogen (secondary N) is 3. The molecule has 11 nitrogen and oxygen atoms in total. The van der Waals surface area contributed by atoms with Crippen LogP contribution in [0.25, 0.3) is 10.9 Å². The molecule has 4 aromatic rings. The first kappa shape index (κ1) is 29.6. The van der Waals surface area contributed by atoms with Crippen LogP contribution in [0.1, 0.15) is 55.6 Å². The van der Waals surface area contributed by atoms with Crippen LogP contribution in [0, 0.1) is 5.92 Å². The van der Waals surface area contributed by atoms with Crippen molar-refractivity contribution in [2.45, 2.75) is 45.3 Å². The van der Waals surface area contributed by atoms with Gasteiger partial charge in [-0.2, -0.15) is 0 Å². The average molecular weight is 585 g/mol. The smallest absolute Gasteiger partial charge is 0.418 e. The number of ether oxygens (including phenoxy) is 2. The zero-order valence-corrected chi connectivity index (χ0v) is 24.4. The molecule has 0 saturated carbocycles. The third-order valence-electron chi connectivity index (χ3n) is 7.15. The molecule has 224 valence electrons. The van der Waals surface area contributed by atoms with E-state index in [4.69, 9.17) is 15.2 Å². The fraction of sp³-hybridized carbons (Fsp3) is 0.312. The maximum atomic E-state index is 13.4. The van der Waals surface area contributed by atoms with Crippen LogP contribution in [-0.4, -0.2) is 46.3 Å². The monoisotopic (exact) mass is 584 g/mol. The van der Waals surface area contributed by atoms with Gasteiger partial charge in [-0.1, -0.05) is 6.07 Å². The molecular formula is C32H36N6O5. The first-order valence-corrected chi connectivity index (χ1v) is 14.2. The summed E-state index contributed by atoms with van der Waals surface area (Å²) in [6.07, 6.45) is 4.99. The van der Waals surface area contributed by atoms with Gasteiger partial charge >= 0.3 is 12.2 Å². The summed E-state index contributed by atoms with van der Waals surface area (Å²) in [6.45, 7) is 7.06. The SMILES string of the molecule is CC(C)(C)OC(=O)n1ccc2ccc(NC(=O)c3ccc(N)cc3NC(=O)OC(c3ccncc3)C3CCNCC3)cc21. The van der Waals surface area contributed by atoms with Gasteiger partial charge in [0.25, 0.3) is 5.91 Å². The highest BCUT2D eigenvalue weighted by Gasteiger charge is 2.29. The summed E-state index contributed by atoms with van der Waals surface area (Å²) in [5.41, 5.74) is 8.01. The Morgan fingerprint density at radius 3 is 2.47 bits per heavy atom. The van der Waals surface area contributed by atoms with Crippen LogP contribution in [0.3, 0.4) is 0 Å². The number of hydrogen-bond acceptors (Lipinski definition) is 8. The van der Waals surface area contributed by atoms with E-state index in [0.29, 0.717) is 16.9 Å². The molecule has 2 aromatic heterocycles. The van der Waals surface area contributed by atoms with Gasteiger partial charge in [0.15, 0.2) is 0 Å². The highest BCUT2D eigenvalue weighted by atomic mass is 16.6. The minimum atomic E-state index is -0.698. The van der Waals surface area contributed by atoms with Gasteiger partial charge in [0.05, 0.1) is 16.8 Å². The second-order valence-electron chi connectivity index (χ2n) is 11.5. The van der Waals surface area contributed by atoms with Crippen LogP contribution in [0.15, 0.2) is 73.2 Å². The molecule has 0 spiro atoms. The third-order valence-corrected chi connectivity index (χ3v) is 7.15. The minimum Gasteiger partial charge on any atom is -0.443 e. The molecular weight excluding hydrogens is 548 g/mol. The fourth-order valence-corrected chi connectivity index (χ4v) is 5.13. The summed E-state index contributed by atoms with van der Waals surface area (Å²) in [5, 5.41) is 9.72. The molecule has 5 rings (SSSR count). The summed E-state index contributed by atoms with van der Waals surface area (Å²) < 4.78 is 12.9. The summed E-state index contributed by atoms with van der Waals surface area (Å²) in [5.74, 6) is -0.346. The van der Waals surface area contributed by atoms with Crippen LogP contribution in [-0.2, 0) is 9.47 Å². The molecule has 0 bridgehead atoms. The molecule has 0 aliphatic carbocycles.